The molecule has 1 aromatic rings. The third kappa shape index (κ3) is 2.77. The Morgan fingerprint density at radius 2 is 2.30 bits per heavy atom. The van der Waals surface area contributed by atoms with Crippen LogP contribution in [0.3, 0.4) is 0 Å². The van der Waals surface area contributed by atoms with Crippen molar-refractivity contribution in [2.24, 2.45) is 17.8 Å². The number of nitrogens with zero attached hydrogens (tertiary/aromatic N) is 1. The summed E-state index contributed by atoms with van der Waals surface area (Å²) in [6.45, 7) is 0.722. The van der Waals surface area contributed by atoms with E-state index >= 15 is 0 Å². The van der Waals surface area contributed by atoms with Crippen molar-refractivity contribution in [1.82, 2.24) is 10.2 Å². The third-order valence-electron chi connectivity index (χ3n) is 5.04. The molecule has 1 N–H and O–H groups in total. The van der Waals surface area contributed by atoms with E-state index in [-0.39, 0.29) is 6.04 Å². The zero-order chi connectivity index (χ0) is 14.1. The lowest BCUT2D eigenvalue weighted by molar-refractivity contribution is -0.126. The minimum atomic E-state index is 0.289. The summed E-state index contributed by atoms with van der Waals surface area (Å²) < 4.78 is 0. The highest BCUT2D eigenvalue weighted by Crippen LogP contribution is 2.48. The van der Waals surface area contributed by atoms with E-state index in [4.69, 9.17) is 0 Å². The minimum Gasteiger partial charge on any atom is -0.354 e. The van der Waals surface area contributed by atoms with Gasteiger partial charge in [0.1, 0.15) is 0 Å². The highest BCUT2D eigenvalue weighted by Gasteiger charge is 2.43. The summed E-state index contributed by atoms with van der Waals surface area (Å²) in [7, 11) is 4.15. The van der Waals surface area contributed by atoms with Crippen LogP contribution < -0.4 is 5.32 Å². The minimum absolute atomic E-state index is 0.289. The SMILES string of the molecule is CN(C)C(CNC(=O)C1CC2CCC1C2)c1cccs1. The number of rotatable bonds is 5. The monoisotopic (exact) mass is 292 g/mol. The normalized spacial score (nSPS) is 29.9. The summed E-state index contributed by atoms with van der Waals surface area (Å²) in [5.41, 5.74) is 0. The van der Waals surface area contributed by atoms with E-state index in [1.54, 1.807) is 11.3 Å². The molecule has 0 saturated heterocycles. The van der Waals surface area contributed by atoms with Gasteiger partial charge in [-0.25, -0.2) is 0 Å². The van der Waals surface area contributed by atoms with Crippen molar-refractivity contribution in [1.29, 1.82) is 0 Å². The largest absolute Gasteiger partial charge is 0.354 e. The van der Waals surface area contributed by atoms with Crippen LogP contribution in [0.2, 0.25) is 0 Å². The van der Waals surface area contributed by atoms with Crippen molar-refractivity contribution in [3.8, 4) is 0 Å². The second-order valence-corrected chi connectivity index (χ2v) is 7.50. The van der Waals surface area contributed by atoms with Crippen molar-refractivity contribution >= 4 is 17.2 Å². The number of fused-ring (bicyclic) bond motifs is 2. The Bertz CT molecular complexity index is 457. The Morgan fingerprint density at radius 3 is 2.85 bits per heavy atom. The zero-order valence-electron chi connectivity index (χ0n) is 12.3. The molecule has 2 bridgehead atoms. The standard InChI is InChI=1S/C16H24N2OS/c1-18(2)14(15-4-3-7-20-15)10-17-16(19)13-9-11-5-6-12(13)8-11/h3-4,7,11-14H,5-6,8-10H2,1-2H3,(H,17,19). The van der Waals surface area contributed by atoms with E-state index in [2.05, 4.69) is 41.8 Å². The molecule has 3 rings (SSSR count). The number of amides is 1. The average molecular weight is 292 g/mol. The van der Waals surface area contributed by atoms with Gasteiger partial charge in [0.15, 0.2) is 0 Å². The summed E-state index contributed by atoms with van der Waals surface area (Å²) in [6, 6.07) is 4.52. The summed E-state index contributed by atoms with van der Waals surface area (Å²) in [5, 5.41) is 5.31. The van der Waals surface area contributed by atoms with Gasteiger partial charge < -0.3 is 10.2 Å². The van der Waals surface area contributed by atoms with Gasteiger partial charge in [-0.2, -0.15) is 0 Å². The van der Waals surface area contributed by atoms with E-state index in [0.29, 0.717) is 17.7 Å². The molecular formula is C16H24N2OS. The van der Waals surface area contributed by atoms with Crippen LogP contribution in [0.15, 0.2) is 17.5 Å². The maximum Gasteiger partial charge on any atom is 0.223 e. The fourth-order valence-corrected chi connectivity index (χ4v) is 4.84. The molecular weight excluding hydrogens is 268 g/mol. The molecule has 3 nitrogen and oxygen atoms in total. The molecule has 0 aliphatic heterocycles. The van der Waals surface area contributed by atoms with Crippen molar-refractivity contribution < 1.29 is 4.79 Å². The quantitative estimate of drug-likeness (QED) is 0.905. The molecule has 20 heavy (non-hydrogen) atoms. The lowest BCUT2D eigenvalue weighted by Gasteiger charge is -2.26. The summed E-state index contributed by atoms with van der Waals surface area (Å²) in [5.74, 6) is 2.08. The molecule has 0 radical (unpaired) electrons. The Morgan fingerprint density at radius 1 is 1.45 bits per heavy atom. The van der Waals surface area contributed by atoms with Crippen molar-refractivity contribution in [2.75, 3.05) is 20.6 Å². The van der Waals surface area contributed by atoms with Gasteiger partial charge in [0.05, 0.1) is 6.04 Å². The molecule has 1 amide bonds. The fourth-order valence-electron chi connectivity index (χ4n) is 3.91. The van der Waals surface area contributed by atoms with Gasteiger partial charge in [0.2, 0.25) is 5.91 Å². The molecule has 110 valence electrons. The molecule has 4 heteroatoms. The average Bonchev–Trinajstić information content (AvgIpc) is 3.15. The zero-order valence-corrected chi connectivity index (χ0v) is 13.2. The second kappa shape index (κ2) is 5.86. The molecule has 2 fully saturated rings. The molecule has 0 aromatic carbocycles. The molecule has 2 aliphatic carbocycles. The first kappa shape index (κ1) is 14.1. The van der Waals surface area contributed by atoms with Crippen LogP contribution in [-0.4, -0.2) is 31.4 Å². The number of hydrogen-bond donors (Lipinski definition) is 1. The third-order valence-corrected chi connectivity index (χ3v) is 6.01. The fraction of sp³-hybridized carbons (Fsp3) is 0.688. The predicted octanol–water partition coefficient (Wildman–Crippen LogP) is 2.90. The molecule has 4 atom stereocenters. The second-order valence-electron chi connectivity index (χ2n) is 6.52. The molecule has 4 unspecified atom stereocenters. The number of nitrogens with one attached hydrogen (secondary N) is 1. The smallest absolute Gasteiger partial charge is 0.223 e. The number of hydrogen-bond acceptors (Lipinski definition) is 3. The van der Waals surface area contributed by atoms with Gasteiger partial charge >= 0.3 is 0 Å². The van der Waals surface area contributed by atoms with Gasteiger partial charge in [-0.15, -0.1) is 11.3 Å². The number of carbonyl (C=O) groups is 1. The van der Waals surface area contributed by atoms with Crippen LogP contribution in [0.25, 0.3) is 0 Å². The molecule has 2 saturated carbocycles. The van der Waals surface area contributed by atoms with Gasteiger partial charge in [0.25, 0.3) is 0 Å². The Labute approximate surface area is 125 Å². The van der Waals surface area contributed by atoms with Crippen LogP contribution >= 0.6 is 11.3 Å². The lowest BCUT2D eigenvalue weighted by Crippen LogP contribution is -2.39. The van der Waals surface area contributed by atoms with E-state index in [1.807, 2.05) is 0 Å². The van der Waals surface area contributed by atoms with Crippen molar-refractivity contribution in [3.63, 3.8) is 0 Å². The lowest BCUT2D eigenvalue weighted by atomic mass is 9.88. The number of thiophene rings is 1. The van der Waals surface area contributed by atoms with Gasteiger partial charge in [-0.05, 0) is 56.6 Å². The first-order chi connectivity index (χ1) is 9.65. The van der Waals surface area contributed by atoms with Crippen LogP contribution in [0.1, 0.15) is 36.6 Å². The Balaban J connectivity index is 1.56. The van der Waals surface area contributed by atoms with Gasteiger partial charge in [-0.1, -0.05) is 12.5 Å². The predicted molar refractivity (Wildman–Crippen MR) is 82.7 cm³/mol. The molecule has 1 aromatic heterocycles. The maximum absolute atomic E-state index is 12.4. The van der Waals surface area contributed by atoms with Crippen molar-refractivity contribution in [2.45, 2.75) is 31.7 Å². The first-order valence-electron chi connectivity index (χ1n) is 7.62. The summed E-state index contributed by atoms with van der Waals surface area (Å²) >= 11 is 1.76. The highest BCUT2D eigenvalue weighted by molar-refractivity contribution is 7.10. The molecule has 2 aliphatic rings. The van der Waals surface area contributed by atoms with E-state index < -0.39 is 0 Å². The molecule has 0 spiro atoms. The topological polar surface area (TPSA) is 32.3 Å². The van der Waals surface area contributed by atoms with E-state index in [0.717, 1.165) is 18.9 Å². The van der Waals surface area contributed by atoms with Gasteiger partial charge in [-0.3, -0.25) is 4.79 Å². The van der Waals surface area contributed by atoms with E-state index in [9.17, 15) is 4.79 Å². The van der Waals surface area contributed by atoms with E-state index in [1.165, 1.54) is 24.1 Å². The van der Waals surface area contributed by atoms with Crippen LogP contribution in [0, 0.1) is 17.8 Å². The summed E-state index contributed by atoms with van der Waals surface area (Å²) in [4.78, 5) is 15.9. The Hall–Kier alpha value is -0.870. The van der Waals surface area contributed by atoms with Crippen LogP contribution in [-0.2, 0) is 4.79 Å². The van der Waals surface area contributed by atoms with Crippen LogP contribution in [0.5, 0.6) is 0 Å². The number of likely N-dealkylation sites (N-methyl/N-ethyl adjacent to an activating group) is 1. The first-order valence-corrected chi connectivity index (χ1v) is 8.50. The highest BCUT2D eigenvalue weighted by atomic mass is 32.1. The maximum atomic E-state index is 12.4. The molecule has 1 heterocycles. The van der Waals surface area contributed by atoms with Gasteiger partial charge in [0, 0.05) is 17.3 Å². The van der Waals surface area contributed by atoms with Crippen LogP contribution in [0.4, 0.5) is 0 Å². The number of carbonyl (C=O) groups excluding carboxylic acids is 1. The summed E-state index contributed by atoms with van der Waals surface area (Å²) in [6.07, 6.45) is 5.04. The van der Waals surface area contributed by atoms with Crippen molar-refractivity contribution in [3.05, 3.63) is 22.4 Å². The Kier molecular flexibility index (Phi) is 4.13.